The van der Waals surface area contributed by atoms with Gasteiger partial charge in [0.25, 0.3) is 5.91 Å². The van der Waals surface area contributed by atoms with Crippen LogP contribution in [0.4, 0.5) is 23.2 Å². The summed E-state index contributed by atoms with van der Waals surface area (Å²) in [5.41, 5.74) is -0.346. The minimum absolute atomic E-state index is 0.0329. The Bertz CT molecular complexity index is 675. The van der Waals surface area contributed by atoms with Crippen LogP contribution in [0.2, 0.25) is 0 Å². The van der Waals surface area contributed by atoms with Gasteiger partial charge < -0.3 is 10.4 Å². The van der Waals surface area contributed by atoms with Gasteiger partial charge in [-0.25, -0.2) is 17.6 Å². The van der Waals surface area contributed by atoms with Crippen molar-refractivity contribution in [3.8, 4) is 0 Å². The van der Waals surface area contributed by atoms with E-state index in [-0.39, 0.29) is 18.4 Å². The lowest BCUT2D eigenvalue weighted by Crippen LogP contribution is -2.18. The Labute approximate surface area is 123 Å². The molecule has 2 rings (SSSR count). The van der Waals surface area contributed by atoms with Crippen molar-refractivity contribution >= 4 is 11.6 Å². The number of rotatable bonds is 4. The van der Waals surface area contributed by atoms with Gasteiger partial charge in [0, 0.05) is 18.4 Å². The fraction of sp³-hybridized carbons (Fsp3) is 0.133. The molecule has 116 valence electrons. The molecular formula is C15H11F4NO2. The van der Waals surface area contributed by atoms with E-state index in [1.165, 1.54) is 12.1 Å². The maximum atomic E-state index is 13.5. The monoisotopic (exact) mass is 313 g/mol. The highest BCUT2D eigenvalue weighted by molar-refractivity contribution is 6.04. The molecule has 0 saturated carbocycles. The molecule has 7 heteroatoms. The van der Waals surface area contributed by atoms with Gasteiger partial charge in [0.15, 0.2) is 23.3 Å². The molecule has 0 heterocycles. The molecule has 0 aromatic heterocycles. The quantitative estimate of drug-likeness (QED) is 0.673. The summed E-state index contributed by atoms with van der Waals surface area (Å²) < 4.78 is 53.1. The molecule has 0 aliphatic carbocycles. The zero-order valence-corrected chi connectivity index (χ0v) is 11.2. The molecule has 0 bridgehead atoms. The van der Waals surface area contributed by atoms with E-state index < -0.39 is 34.7 Å². The number of carbonyl (C=O) groups is 1. The fourth-order valence-corrected chi connectivity index (χ4v) is 1.85. The Morgan fingerprint density at radius 3 is 2.05 bits per heavy atom. The summed E-state index contributed by atoms with van der Waals surface area (Å²) in [6.45, 7) is -0.0509. The molecule has 2 aromatic carbocycles. The Balaban J connectivity index is 2.26. The van der Waals surface area contributed by atoms with Crippen molar-refractivity contribution in [1.29, 1.82) is 0 Å². The van der Waals surface area contributed by atoms with Crippen LogP contribution in [0.15, 0.2) is 30.3 Å². The molecule has 0 unspecified atom stereocenters. The third-order valence-electron chi connectivity index (χ3n) is 2.95. The SMILES string of the molecule is O=C(Nc1ccc(CCO)cc1)c1c(F)c(F)cc(F)c1F. The molecule has 1 amide bonds. The molecule has 0 aliphatic heterocycles. The maximum absolute atomic E-state index is 13.5. The zero-order chi connectivity index (χ0) is 16.3. The third kappa shape index (κ3) is 3.25. The van der Waals surface area contributed by atoms with Crippen LogP contribution in [0.5, 0.6) is 0 Å². The first-order valence-corrected chi connectivity index (χ1v) is 6.28. The second kappa shape index (κ2) is 6.57. The second-order valence-corrected chi connectivity index (χ2v) is 4.47. The lowest BCUT2D eigenvalue weighted by Gasteiger charge is -2.09. The summed E-state index contributed by atoms with van der Waals surface area (Å²) in [4.78, 5) is 11.8. The summed E-state index contributed by atoms with van der Waals surface area (Å²) in [7, 11) is 0. The van der Waals surface area contributed by atoms with Crippen LogP contribution in [0.25, 0.3) is 0 Å². The standard InChI is InChI=1S/C15H11F4NO2/c16-10-7-11(17)14(19)12(13(10)18)15(22)20-9-3-1-8(2-4-9)5-6-21/h1-4,7,21H,5-6H2,(H,20,22). The number of halogens is 4. The van der Waals surface area contributed by atoms with Gasteiger partial charge in [-0.1, -0.05) is 12.1 Å². The molecule has 0 fully saturated rings. The highest BCUT2D eigenvalue weighted by atomic mass is 19.2. The topological polar surface area (TPSA) is 49.3 Å². The number of carbonyl (C=O) groups excluding carboxylic acids is 1. The predicted octanol–water partition coefficient (Wildman–Crippen LogP) is 3.03. The number of nitrogens with one attached hydrogen (secondary N) is 1. The molecule has 0 saturated heterocycles. The van der Waals surface area contributed by atoms with Crippen molar-refractivity contribution in [2.75, 3.05) is 11.9 Å². The minimum Gasteiger partial charge on any atom is -0.396 e. The van der Waals surface area contributed by atoms with Gasteiger partial charge in [0.1, 0.15) is 5.56 Å². The summed E-state index contributed by atoms with van der Waals surface area (Å²) in [6.07, 6.45) is 0.409. The van der Waals surface area contributed by atoms with Crippen LogP contribution in [0.3, 0.4) is 0 Å². The summed E-state index contributed by atoms with van der Waals surface area (Å²) in [6, 6.07) is 6.09. The first kappa shape index (κ1) is 16.0. The number of amides is 1. The smallest absolute Gasteiger partial charge is 0.261 e. The Hall–Kier alpha value is -2.41. The van der Waals surface area contributed by atoms with Crippen LogP contribution in [-0.2, 0) is 6.42 Å². The third-order valence-corrected chi connectivity index (χ3v) is 2.95. The number of anilines is 1. The van der Waals surface area contributed by atoms with Crippen LogP contribution < -0.4 is 5.32 Å². The van der Waals surface area contributed by atoms with Crippen molar-refractivity contribution in [2.45, 2.75) is 6.42 Å². The van der Waals surface area contributed by atoms with E-state index in [1.807, 2.05) is 0 Å². The van der Waals surface area contributed by atoms with Crippen molar-refractivity contribution in [2.24, 2.45) is 0 Å². The van der Waals surface area contributed by atoms with Gasteiger partial charge >= 0.3 is 0 Å². The average molecular weight is 313 g/mol. The Kier molecular flexibility index (Phi) is 4.77. The van der Waals surface area contributed by atoms with E-state index in [0.29, 0.717) is 6.42 Å². The number of aliphatic hydroxyl groups is 1. The van der Waals surface area contributed by atoms with E-state index in [4.69, 9.17) is 5.11 Å². The zero-order valence-electron chi connectivity index (χ0n) is 11.2. The van der Waals surface area contributed by atoms with Gasteiger partial charge in [-0.3, -0.25) is 4.79 Å². The average Bonchev–Trinajstić information content (AvgIpc) is 2.48. The minimum atomic E-state index is -1.76. The first-order valence-electron chi connectivity index (χ1n) is 6.28. The Morgan fingerprint density at radius 2 is 1.55 bits per heavy atom. The van der Waals surface area contributed by atoms with Crippen molar-refractivity contribution in [3.63, 3.8) is 0 Å². The van der Waals surface area contributed by atoms with Gasteiger partial charge in [-0.15, -0.1) is 0 Å². The molecule has 2 N–H and O–H groups in total. The van der Waals surface area contributed by atoms with E-state index >= 15 is 0 Å². The summed E-state index contributed by atoms with van der Waals surface area (Å²) in [5.74, 6) is -8.12. The molecule has 0 atom stereocenters. The van der Waals surface area contributed by atoms with Crippen LogP contribution >= 0.6 is 0 Å². The van der Waals surface area contributed by atoms with Gasteiger partial charge in [-0.2, -0.15) is 0 Å². The van der Waals surface area contributed by atoms with Gasteiger partial charge in [-0.05, 0) is 24.1 Å². The lowest BCUT2D eigenvalue weighted by atomic mass is 10.1. The van der Waals surface area contributed by atoms with E-state index in [1.54, 1.807) is 12.1 Å². The summed E-state index contributed by atoms with van der Waals surface area (Å²) in [5, 5.41) is 10.9. The van der Waals surface area contributed by atoms with Gasteiger partial charge in [0.2, 0.25) is 0 Å². The van der Waals surface area contributed by atoms with Gasteiger partial charge in [0.05, 0.1) is 0 Å². The summed E-state index contributed by atoms with van der Waals surface area (Å²) >= 11 is 0. The van der Waals surface area contributed by atoms with Crippen LogP contribution in [0.1, 0.15) is 15.9 Å². The lowest BCUT2D eigenvalue weighted by molar-refractivity contribution is 0.101. The molecule has 2 aromatic rings. The number of hydrogen-bond acceptors (Lipinski definition) is 2. The van der Waals surface area contributed by atoms with Crippen molar-refractivity contribution in [3.05, 3.63) is 64.7 Å². The maximum Gasteiger partial charge on any atom is 0.261 e. The van der Waals surface area contributed by atoms with E-state index in [9.17, 15) is 22.4 Å². The fourth-order valence-electron chi connectivity index (χ4n) is 1.85. The largest absolute Gasteiger partial charge is 0.396 e. The highest BCUT2D eigenvalue weighted by Gasteiger charge is 2.24. The molecular weight excluding hydrogens is 302 g/mol. The second-order valence-electron chi connectivity index (χ2n) is 4.47. The molecule has 0 radical (unpaired) electrons. The Morgan fingerprint density at radius 1 is 1.00 bits per heavy atom. The molecule has 22 heavy (non-hydrogen) atoms. The normalized spacial score (nSPS) is 10.6. The van der Waals surface area contributed by atoms with Crippen LogP contribution in [0, 0.1) is 23.3 Å². The van der Waals surface area contributed by atoms with E-state index in [0.717, 1.165) is 5.56 Å². The molecule has 0 spiro atoms. The first-order chi connectivity index (χ1) is 10.4. The number of benzene rings is 2. The highest BCUT2D eigenvalue weighted by Crippen LogP contribution is 2.21. The van der Waals surface area contributed by atoms with Crippen molar-refractivity contribution in [1.82, 2.24) is 0 Å². The molecule has 0 aliphatic rings. The molecule has 3 nitrogen and oxygen atoms in total. The van der Waals surface area contributed by atoms with E-state index in [2.05, 4.69) is 5.32 Å². The predicted molar refractivity (Wildman–Crippen MR) is 71.5 cm³/mol. The van der Waals surface area contributed by atoms with Crippen LogP contribution in [-0.4, -0.2) is 17.6 Å². The van der Waals surface area contributed by atoms with Crippen molar-refractivity contribution < 1.29 is 27.5 Å². The number of aliphatic hydroxyl groups excluding tert-OH is 1. The number of hydrogen-bond donors (Lipinski definition) is 2.